The summed E-state index contributed by atoms with van der Waals surface area (Å²) in [4.78, 5) is 14.5. The molecule has 0 radical (unpaired) electrons. The van der Waals surface area contributed by atoms with Gasteiger partial charge in [0.1, 0.15) is 0 Å². The summed E-state index contributed by atoms with van der Waals surface area (Å²) in [7, 11) is 0. The van der Waals surface area contributed by atoms with Gasteiger partial charge in [-0.15, -0.1) is 5.10 Å². The molecule has 0 spiro atoms. The van der Waals surface area contributed by atoms with Gasteiger partial charge in [-0.3, -0.25) is 10.1 Å². The van der Waals surface area contributed by atoms with E-state index >= 15 is 0 Å². The molecule has 100 valence electrons. The van der Waals surface area contributed by atoms with Crippen molar-refractivity contribution in [2.24, 2.45) is 0 Å². The first kappa shape index (κ1) is 12.5. The van der Waals surface area contributed by atoms with Crippen molar-refractivity contribution in [3.8, 4) is 5.69 Å². The topological polar surface area (TPSA) is 99.9 Å². The zero-order valence-electron chi connectivity index (χ0n) is 10.0. The van der Waals surface area contributed by atoms with Crippen LogP contribution in [0.15, 0.2) is 41.0 Å². The lowest BCUT2D eigenvalue weighted by Crippen LogP contribution is -1.98. The molecule has 20 heavy (non-hydrogen) atoms. The van der Waals surface area contributed by atoms with Crippen LogP contribution in [0, 0.1) is 10.1 Å². The van der Waals surface area contributed by atoms with E-state index in [0.29, 0.717) is 17.2 Å². The average Bonchev–Trinajstić information content (AvgIpc) is 2.76. The summed E-state index contributed by atoms with van der Waals surface area (Å²) < 4.78 is 2.36. The number of fused-ring (bicyclic) bond motifs is 1. The van der Waals surface area contributed by atoms with E-state index in [0.717, 1.165) is 9.86 Å². The third kappa shape index (κ3) is 1.99. The number of nitrogens with zero attached hydrogens (tertiary/aromatic N) is 4. The van der Waals surface area contributed by atoms with Gasteiger partial charge in [-0.25, -0.2) is 9.67 Å². The molecule has 2 N–H and O–H groups in total. The molecule has 8 heteroatoms. The highest BCUT2D eigenvalue weighted by molar-refractivity contribution is 9.10. The Morgan fingerprint density at radius 2 is 2.00 bits per heavy atom. The second kappa shape index (κ2) is 4.57. The Morgan fingerprint density at radius 3 is 2.65 bits per heavy atom. The lowest BCUT2D eigenvalue weighted by molar-refractivity contribution is -0.384. The number of nitro groups is 1. The Hall–Kier alpha value is -2.48. The van der Waals surface area contributed by atoms with E-state index in [4.69, 9.17) is 5.73 Å². The van der Waals surface area contributed by atoms with Crippen molar-refractivity contribution < 1.29 is 4.92 Å². The lowest BCUT2D eigenvalue weighted by atomic mass is 10.3. The largest absolute Gasteiger partial charge is 0.382 e. The first-order valence-corrected chi connectivity index (χ1v) is 6.40. The van der Waals surface area contributed by atoms with Crippen LogP contribution in [0.2, 0.25) is 0 Å². The Kier molecular flexibility index (Phi) is 2.87. The molecular weight excluding hydrogens is 326 g/mol. The SMILES string of the molecule is Nc1nn(-c2ccc([N+](=O)[O-])cc2)c2ncc(Br)cc12. The molecule has 3 aromatic rings. The standard InChI is InChI=1S/C12H8BrN5O2/c13-7-5-10-11(14)16-17(12(10)15-6-7)8-1-3-9(4-2-8)18(19)20/h1-6H,(H2,14,16). The number of nitrogens with two attached hydrogens (primary N) is 1. The molecule has 0 unspecified atom stereocenters. The second-order valence-electron chi connectivity index (χ2n) is 4.10. The summed E-state index contributed by atoms with van der Waals surface area (Å²) in [5.41, 5.74) is 7.14. The minimum absolute atomic E-state index is 0.0221. The predicted octanol–water partition coefficient (Wildman–Crippen LogP) is 2.67. The number of aromatic nitrogens is 3. The Bertz CT molecular complexity index is 813. The van der Waals surface area contributed by atoms with Crippen molar-refractivity contribution >= 4 is 38.5 Å². The molecule has 0 aliphatic carbocycles. The van der Waals surface area contributed by atoms with E-state index in [-0.39, 0.29) is 5.69 Å². The quantitative estimate of drug-likeness (QED) is 0.574. The minimum Gasteiger partial charge on any atom is -0.382 e. The molecule has 0 amide bonds. The van der Waals surface area contributed by atoms with Crippen LogP contribution in [-0.4, -0.2) is 19.7 Å². The van der Waals surface area contributed by atoms with Crippen LogP contribution in [0.3, 0.4) is 0 Å². The number of halogens is 1. The van der Waals surface area contributed by atoms with Crippen molar-refractivity contribution in [1.29, 1.82) is 0 Å². The van der Waals surface area contributed by atoms with Crippen LogP contribution < -0.4 is 5.73 Å². The molecule has 1 aromatic carbocycles. The molecule has 2 heterocycles. The number of pyridine rings is 1. The summed E-state index contributed by atoms with van der Waals surface area (Å²) in [6, 6.07) is 7.86. The van der Waals surface area contributed by atoms with E-state index in [1.165, 1.54) is 12.1 Å². The van der Waals surface area contributed by atoms with Gasteiger partial charge in [-0.1, -0.05) is 0 Å². The van der Waals surface area contributed by atoms with E-state index in [1.807, 2.05) is 6.07 Å². The van der Waals surface area contributed by atoms with Crippen LogP contribution >= 0.6 is 15.9 Å². The number of hydrogen-bond acceptors (Lipinski definition) is 5. The van der Waals surface area contributed by atoms with Crippen molar-refractivity contribution in [3.63, 3.8) is 0 Å². The van der Waals surface area contributed by atoms with Gasteiger partial charge in [0.2, 0.25) is 0 Å². The maximum atomic E-state index is 10.6. The molecule has 3 rings (SSSR count). The van der Waals surface area contributed by atoms with Crippen molar-refractivity contribution in [3.05, 3.63) is 51.1 Å². The maximum Gasteiger partial charge on any atom is 0.269 e. The molecular formula is C12H8BrN5O2. The fraction of sp³-hybridized carbons (Fsp3) is 0. The number of anilines is 1. The lowest BCUT2D eigenvalue weighted by Gasteiger charge is -2.02. The van der Waals surface area contributed by atoms with E-state index in [9.17, 15) is 10.1 Å². The zero-order valence-corrected chi connectivity index (χ0v) is 11.6. The van der Waals surface area contributed by atoms with E-state index < -0.39 is 4.92 Å². The first-order chi connectivity index (χ1) is 9.56. The number of benzene rings is 1. The van der Waals surface area contributed by atoms with Crippen LogP contribution in [-0.2, 0) is 0 Å². The number of nitro benzene ring substituents is 1. The minimum atomic E-state index is -0.450. The smallest absolute Gasteiger partial charge is 0.269 e. The highest BCUT2D eigenvalue weighted by atomic mass is 79.9. The maximum absolute atomic E-state index is 10.6. The van der Waals surface area contributed by atoms with Crippen LogP contribution in [0.5, 0.6) is 0 Å². The van der Waals surface area contributed by atoms with Crippen LogP contribution in [0.4, 0.5) is 11.5 Å². The molecule has 0 aliphatic heterocycles. The summed E-state index contributed by atoms with van der Waals surface area (Å²) in [6.07, 6.45) is 1.64. The molecule has 0 aliphatic rings. The highest BCUT2D eigenvalue weighted by Crippen LogP contribution is 2.25. The first-order valence-electron chi connectivity index (χ1n) is 5.61. The van der Waals surface area contributed by atoms with Gasteiger partial charge in [0.15, 0.2) is 11.5 Å². The van der Waals surface area contributed by atoms with Gasteiger partial charge in [-0.2, -0.15) is 0 Å². The summed E-state index contributed by atoms with van der Waals surface area (Å²) in [5, 5.41) is 15.6. The summed E-state index contributed by atoms with van der Waals surface area (Å²) in [5.74, 6) is 0.354. The molecule has 2 aromatic heterocycles. The van der Waals surface area contributed by atoms with Crippen LogP contribution in [0.1, 0.15) is 0 Å². The van der Waals surface area contributed by atoms with Gasteiger partial charge in [0.25, 0.3) is 5.69 Å². The summed E-state index contributed by atoms with van der Waals surface area (Å²) >= 11 is 3.33. The van der Waals surface area contributed by atoms with Gasteiger partial charge >= 0.3 is 0 Å². The van der Waals surface area contributed by atoms with Gasteiger partial charge in [0.05, 0.1) is 16.0 Å². The van der Waals surface area contributed by atoms with E-state index in [1.54, 1.807) is 23.0 Å². The van der Waals surface area contributed by atoms with Crippen molar-refractivity contribution in [2.45, 2.75) is 0 Å². The highest BCUT2D eigenvalue weighted by Gasteiger charge is 2.12. The Labute approximate surface area is 121 Å². The Balaban J connectivity index is 2.17. The third-order valence-electron chi connectivity index (χ3n) is 2.82. The molecule has 0 saturated heterocycles. The van der Waals surface area contributed by atoms with E-state index in [2.05, 4.69) is 26.0 Å². The number of nitrogen functional groups attached to an aromatic ring is 1. The zero-order chi connectivity index (χ0) is 14.3. The fourth-order valence-electron chi connectivity index (χ4n) is 1.89. The third-order valence-corrected chi connectivity index (χ3v) is 3.26. The molecule has 0 saturated carbocycles. The molecule has 0 atom stereocenters. The predicted molar refractivity (Wildman–Crippen MR) is 77.6 cm³/mol. The van der Waals surface area contributed by atoms with Crippen molar-refractivity contribution in [2.75, 3.05) is 5.73 Å². The molecule has 0 bridgehead atoms. The Morgan fingerprint density at radius 1 is 1.30 bits per heavy atom. The summed E-state index contributed by atoms with van der Waals surface area (Å²) in [6.45, 7) is 0. The van der Waals surface area contributed by atoms with Crippen molar-refractivity contribution in [1.82, 2.24) is 14.8 Å². The van der Waals surface area contributed by atoms with Gasteiger partial charge < -0.3 is 5.73 Å². The molecule has 0 fully saturated rings. The normalized spacial score (nSPS) is 10.8. The fourth-order valence-corrected chi connectivity index (χ4v) is 2.23. The molecule has 7 nitrogen and oxygen atoms in total. The number of hydrogen-bond donors (Lipinski definition) is 1. The number of non-ortho nitro benzene ring substituents is 1. The van der Waals surface area contributed by atoms with Gasteiger partial charge in [-0.05, 0) is 34.1 Å². The van der Waals surface area contributed by atoms with Gasteiger partial charge in [0, 0.05) is 22.8 Å². The second-order valence-corrected chi connectivity index (χ2v) is 5.01. The average molecular weight is 334 g/mol. The van der Waals surface area contributed by atoms with Crippen LogP contribution in [0.25, 0.3) is 16.7 Å². The number of rotatable bonds is 2. The monoisotopic (exact) mass is 333 g/mol.